The van der Waals surface area contributed by atoms with Crippen molar-refractivity contribution in [3.8, 4) is 5.75 Å². The maximum Gasteiger partial charge on any atom is 0.234 e. The molecule has 0 aliphatic rings. The van der Waals surface area contributed by atoms with E-state index < -0.39 is 0 Å². The molecule has 1 heterocycles. The Balaban J connectivity index is 1.53. The van der Waals surface area contributed by atoms with E-state index in [1.165, 1.54) is 27.6 Å². The molecule has 4 rings (SSSR count). The molecule has 5 heteroatoms. The number of aryl methyl sites for hydroxylation is 2. The fraction of sp³-hybridized carbons (Fsp3) is 0.192. The largest absolute Gasteiger partial charge is 0.495 e. The van der Waals surface area contributed by atoms with Gasteiger partial charge in [-0.3, -0.25) is 4.79 Å². The van der Waals surface area contributed by atoms with Gasteiger partial charge in [0.15, 0.2) is 0 Å². The summed E-state index contributed by atoms with van der Waals surface area (Å²) in [6.07, 6.45) is 2.16. The molecule has 1 amide bonds. The Kier molecular flexibility index (Phi) is 6.33. The Hall–Kier alpha value is -3.18. The van der Waals surface area contributed by atoms with Crippen molar-refractivity contribution in [1.29, 1.82) is 0 Å². The molecule has 0 bridgehead atoms. The van der Waals surface area contributed by atoms with Gasteiger partial charge >= 0.3 is 0 Å². The lowest BCUT2D eigenvalue weighted by Gasteiger charge is -2.10. The van der Waals surface area contributed by atoms with Gasteiger partial charge in [-0.05, 0) is 43.2 Å². The van der Waals surface area contributed by atoms with Crippen LogP contribution in [0, 0.1) is 13.8 Å². The van der Waals surface area contributed by atoms with Crippen molar-refractivity contribution in [3.63, 3.8) is 0 Å². The van der Waals surface area contributed by atoms with E-state index in [4.69, 9.17) is 4.74 Å². The topological polar surface area (TPSA) is 43.3 Å². The van der Waals surface area contributed by atoms with Gasteiger partial charge in [-0.2, -0.15) is 0 Å². The third-order valence-corrected chi connectivity index (χ3v) is 6.38. The van der Waals surface area contributed by atoms with Gasteiger partial charge in [0.05, 0.1) is 18.6 Å². The van der Waals surface area contributed by atoms with E-state index in [1.807, 2.05) is 30.3 Å². The number of nitrogens with zero attached hydrogens (tertiary/aromatic N) is 1. The molecule has 0 radical (unpaired) electrons. The zero-order chi connectivity index (χ0) is 21.8. The van der Waals surface area contributed by atoms with Crippen LogP contribution in [0.15, 0.2) is 77.8 Å². The van der Waals surface area contributed by atoms with Crippen LogP contribution in [-0.4, -0.2) is 23.3 Å². The van der Waals surface area contributed by atoms with Crippen molar-refractivity contribution in [3.05, 3.63) is 89.6 Å². The lowest BCUT2D eigenvalue weighted by molar-refractivity contribution is -0.113. The lowest BCUT2D eigenvalue weighted by atomic mass is 10.1. The van der Waals surface area contributed by atoms with Gasteiger partial charge in [0.25, 0.3) is 0 Å². The summed E-state index contributed by atoms with van der Waals surface area (Å²) in [5.74, 6) is 0.932. The second-order valence-electron chi connectivity index (χ2n) is 7.61. The van der Waals surface area contributed by atoms with E-state index in [1.54, 1.807) is 18.9 Å². The molecular formula is C26H26N2O2S. The van der Waals surface area contributed by atoms with Crippen LogP contribution in [0.5, 0.6) is 5.75 Å². The third kappa shape index (κ3) is 4.78. The van der Waals surface area contributed by atoms with Crippen LogP contribution >= 0.6 is 11.8 Å². The molecule has 0 spiro atoms. The van der Waals surface area contributed by atoms with E-state index in [-0.39, 0.29) is 5.91 Å². The van der Waals surface area contributed by atoms with Gasteiger partial charge in [0.1, 0.15) is 5.75 Å². The van der Waals surface area contributed by atoms with Crippen molar-refractivity contribution in [2.75, 3.05) is 18.2 Å². The van der Waals surface area contributed by atoms with E-state index in [0.29, 0.717) is 17.2 Å². The minimum atomic E-state index is -0.0548. The molecule has 1 aromatic heterocycles. The molecule has 4 nitrogen and oxygen atoms in total. The molecule has 0 aliphatic carbocycles. The number of carbonyl (C=O) groups excluding carboxylic acids is 1. The van der Waals surface area contributed by atoms with Crippen LogP contribution < -0.4 is 10.1 Å². The Labute approximate surface area is 187 Å². The van der Waals surface area contributed by atoms with Crippen molar-refractivity contribution >= 4 is 34.3 Å². The molecule has 0 saturated heterocycles. The molecule has 1 N–H and O–H groups in total. The average molecular weight is 431 g/mol. The number of methoxy groups -OCH3 is 1. The first kappa shape index (κ1) is 21.1. The van der Waals surface area contributed by atoms with Crippen molar-refractivity contribution in [1.82, 2.24) is 4.57 Å². The molecular weight excluding hydrogens is 404 g/mol. The van der Waals surface area contributed by atoms with Gasteiger partial charge in [0, 0.05) is 28.5 Å². The second kappa shape index (κ2) is 9.31. The number of nitrogens with one attached hydrogen (secondary N) is 1. The van der Waals surface area contributed by atoms with Gasteiger partial charge in [-0.1, -0.05) is 54.1 Å². The van der Waals surface area contributed by atoms with Crippen LogP contribution in [0.4, 0.5) is 5.69 Å². The Morgan fingerprint density at radius 2 is 1.81 bits per heavy atom. The first-order valence-corrected chi connectivity index (χ1v) is 11.2. The normalized spacial score (nSPS) is 10.9. The number of para-hydroxylation sites is 3. The van der Waals surface area contributed by atoms with Crippen molar-refractivity contribution in [2.45, 2.75) is 25.3 Å². The number of fused-ring (bicyclic) bond motifs is 1. The van der Waals surface area contributed by atoms with Crippen LogP contribution in [0.1, 0.15) is 16.7 Å². The minimum Gasteiger partial charge on any atom is -0.495 e. The summed E-state index contributed by atoms with van der Waals surface area (Å²) in [6.45, 7) is 5.08. The van der Waals surface area contributed by atoms with Gasteiger partial charge in [-0.25, -0.2) is 0 Å². The highest BCUT2D eigenvalue weighted by Gasteiger charge is 2.13. The highest BCUT2D eigenvalue weighted by atomic mass is 32.2. The lowest BCUT2D eigenvalue weighted by Crippen LogP contribution is -2.14. The first-order valence-electron chi connectivity index (χ1n) is 10.2. The Morgan fingerprint density at radius 3 is 2.65 bits per heavy atom. The number of anilines is 1. The molecule has 0 fully saturated rings. The molecule has 0 atom stereocenters. The van der Waals surface area contributed by atoms with Crippen molar-refractivity contribution < 1.29 is 9.53 Å². The monoisotopic (exact) mass is 430 g/mol. The fourth-order valence-electron chi connectivity index (χ4n) is 3.69. The zero-order valence-electron chi connectivity index (χ0n) is 18.0. The van der Waals surface area contributed by atoms with Crippen LogP contribution in [0.25, 0.3) is 10.9 Å². The summed E-state index contributed by atoms with van der Waals surface area (Å²) in [7, 11) is 1.60. The quantitative estimate of drug-likeness (QED) is 0.363. The number of aromatic nitrogens is 1. The van der Waals surface area contributed by atoms with E-state index >= 15 is 0 Å². The second-order valence-corrected chi connectivity index (χ2v) is 8.62. The number of benzene rings is 3. The van der Waals surface area contributed by atoms with Gasteiger partial charge < -0.3 is 14.6 Å². The maximum absolute atomic E-state index is 12.6. The highest BCUT2D eigenvalue weighted by Crippen LogP contribution is 2.31. The van der Waals surface area contributed by atoms with Crippen LogP contribution in [-0.2, 0) is 11.3 Å². The van der Waals surface area contributed by atoms with E-state index in [0.717, 1.165) is 11.4 Å². The molecule has 0 saturated carbocycles. The third-order valence-electron chi connectivity index (χ3n) is 5.34. The average Bonchev–Trinajstić information content (AvgIpc) is 3.13. The summed E-state index contributed by atoms with van der Waals surface area (Å²) in [5.41, 5.74) is 5.73. The SMILES string of the molecule is COc1ccccc1NC(=O)CSc1cn(Cc2cc(C)ccc2C)c2ccccc12. The van der Waals surface area contributed by atoms with E-state index in [2.05, 4.69) is 66.3 Å². The summed E-state index contributed by atoms with van der Waals surface area (Å²) >= 11 is 1.56. The zero-order valence-corrected chi connectivity index (χ0v) is 18.8. The number of rotatable bonds is 7. The number of hydrogen-bond donors (Lipinski definition) is 1. The van der Waals surface area contributed by atoms with Gasteiger partial charge in [0.2, 0.25) is 5.91 Å². The number of carbonyl (C=O) groups is 1. The predicted octanol–water partition coefficient (Wildman–Crippen LogP) is 6.05. The number of amides is 1. The summed E-state index contributed by atoms with van der Waals surface area (Å²) < 4.78 is 7.60. The number of hydrogen-bond acceptors (Lipinski definition) is 3. The molecule has 158 valence electrons. The molecule has 4 aromatic rings. The molecule has 0 unspecified atom stereocenters. The summed E-state index contributed by atoms with van der Waals surface area (Å²) in [6, 6.07) is 22.4. The first-order chi connectivity index (χ1) is 15.0. The standard InChI is InChI=1S/C26H26N2O2S/c1-18-12-13-19(2)20(14-18)15-28-16-25(21-8-4-6-10-23(21)28)31-17-26(29)27-22-9-5-7-11-24(22)30-3/h4-14,16H,15,17H2,1-3H3,(H,27,29). The maximum atomic E-state index is 12.6. The Morgan fingerprint density at radius 1 is 1.03 bits per heavy atom. The molecule has 0 aliphatic heterocycles. The minimum absolute atomic E-state index is 0.0548. The molecule has 3 aromatic carbocycles. The fourth-order valence-corrected chi connectivity index (χ4v) is 4.58. The number of thioether (sulfide) groups is 1. The van der Waals surface area contributed by atoms with Gasteiger partial charge in [-0.15, -0.1) is 11.8 Å². The highest BCUT2D eigenvalue weighted by molar-refractivity contribution is 8.00. The van der Waals surface area contributed by atoms with E-state index in [9.17, 15) is 4.79 Å². The molecule has 31 heavy (non-hydrogen) atoms. The summed E-state index contributed by atoms with van der Waals surface area (Å²) in [5, 5.41) is 4.12. The van der Waals surface area contributed by atoms with Crippen LogP contribution in [0.2, 0.25) is 0 Å². The van der Waals surface area contributed by atoms with Crippen LogP contribution in [0.3, 0.4) is 0 Å². The Bertz CT molecular complexity index is 1230. The summed E-state index contributed by atoms with van der Waals surface area (Å²) in [4.78, 5) is 13.7. The van der Waals surface area contributed by atoms with Crippen molar-refractivity contribution in [2.24, 2.45) is 0 Å². The predicted molar refractivity (Wildman–Crippen MR) is 129 cm³/mol. The number of ether oxygens (including phenoxy) is 1. The smallest absolute Gasteiger partial charge is 0.234 e.